The number of benzene rings is 2. The molecule has 1 aliphatic heterocycles. The Balaban J connectivity index is 1.44. The molecule has 0 atom stereocenters. The van der Waals surface area contributed by atoms with Crippen molar-refractivity contribution in [3.8, 4) is 0 Å². The second kappa shape index (κ2) is 8.23. The molecule has 0 saturated carbocycles. The summed E-state index contributed by atoms with van der Waals surface area (Å²) in [5.41, 5.74) is 4.03. The Kier molecular flexibility index (Phi) is 5.35. The largest absolute Gasteiger partial charge is 0.333 e. The van der Waals surface area contributed by atoms with Gasteiger partial charge in [-0.1, -0.05) is 42.5 Å². The Hall–Kier alpha value is -3.18. The maximum absolute atomic E-state index is 12.6. The summed E-state index contributed by atoms with van der Waals surface area (Å²) in [6.07, 6.45) is 4.14. The van der Waals surface area contributed by atoms with E-state index in [-0.39, 0.29) is 11.8 Å². The van der Waals surface area contributed by atoms with Crippen LogP contribution in [0.1, 0.15) is 26.4 Å². The van der Waals surface area contributed by atoms with Crippen LogP contribution in [0, 0.1) is 0 Å². The Morgan fingerprint density at radius 2 is 1.86 bits per heavy atom. The number of hydrogen-bond acceptors (Lipinski definition) is 3. The average molecular weight is 388 g/mol. The molecule has 4 rings (SSSR count). The SMILES string of the molecule is O=C(/C=C/c1ccccc1)Nc1ccc2c(c1)CN(C(=O)c1cccs1)CC2. The lowest BCUT2D eigenvalue weighted by atomic mass is 9.99. The zero-order chi connectivity index (χ0) is 19.3. The van der Waals surface area contributed by atoms with Crippen LogP contribution in [0.2, 0.25) is 0 Å². The topological polar surface area (TPSA) is 49.4 Å². The van der Waals surface area contributed by atoms with Crippen molar-refractivity contribution >= 4 is 34.9 Å². The summed E-state index contributed by atoms with van der Waals surface area (Å²) in [5.74, 6) is -0.105. The molecule has 0 saturated heterocycles. The lowest BCUT2D eigenvalue weighted by Crippen LogP contribution is -2.35. The van der Waals surface area contributed by atoms with Gasteiger partial charge >= 0.3 is 0 Å². The number of carbonyl (C=O) groups is 2. The fraction of sp³-hybridized carbons (Fsp3) is 0.130. The summed E-state index contributed by atoms with van der Waals surface area (Å²) < 4.78 is 0. The van der Waals surface area contributed by atoms with Crippen LogP contribution < -0.4 is 5.32 Å². The molecule has 4 nitrogen and oxygen atoms in total. The summed E-state index contributed by atoms with van der Waals surface area (Å²) in [5, 5.41) is 4.83. The monoisotopic (exact) mass is 388 g/mol. The van der Waals surface area contributed by atoms with Crippen LogP contribution in [-0.4, -0.2) is 23.3 Å². The fourth-order valence-electron chi connectivity index (χ4n) is 3.28. The van der Waals surface area contributed by atoms with Crippen LogP contribution in [0.3, 0.4) is 0 Å². The van der Waals surface area contributed by atoms with Crippen LogP contribution in [-0.2, 0) is 17.8 Å². The van der Waals surface area contributed by atoms with E-state index in [1.807, 2.05) is 70.9 Å². The second-order valence-corrected chi connectivity index (χ2v) is 7.62. The number of rotatable bonds is 4. The molecule has 0 unspecified atom stereocenters. The first kappa shape index (κ1) is 18.2. The fourth-order valence-corrected chi connectivity index (χ4v) is 3.98. The molecule has 140 valence electrons. The molecule has 1 N–H and O–H groups in total. The van der Waals surface area contributed by atoms with Gasteiger partial charge in [-0.3, -0.25) is 9.59 Å². The molecule has 0 spiro atoms. The number of anilines is 1. The van der Waals surface area contributed by atoms with Gasteiger partial charge in [-0.25, -0.2) is 0 Å². The molecule has 2 aromatic carbocycles. The standard InChI is InChI=1S/C23H20N2O2S/c26-22(11-8-17-5-2-1-3-6-17)24-20-10-9-18-12-13-25(16-19(18)15-20)23(27)21-7-4-14-28-21/h1-11,14-15H,12-13,16H2,(H,24,26)/b11-8+. The first-order chi connectivity index (χ1) is 13.7. The van der Waals surface area contributed by atoms with E-state index in [0.29, 0.717) is 6.54 Å². The van der Waals surface area contributed by atoms with Gasteiger partial charge in [0.1, 0.15) is 0 Å². The summed E-state index contributed by atoms with van der Waals surface area (Å²) in [6, 6.07) is 19.4. The van der Waals surface area contributed by atoms with E-state index in [0.717, 1.165) is 34.7 Å². The lowest BCUT2D eigenvalue weighted by molar-refractivity contribution is -0.111. The van der Waals surface area contributed by atoms with Gasteiger partial charge in [-0.2, -0.15) is 0 Å². The van der Waals surface area contributed by atoms with E-state index in [9.17, 15) is 9.59 Å². The highest BCUT2D eigenvalue weighted by Crippen LogP contribution is 2.25. The molecule has 1 aromatic heterocycles. The summed E-state index contributed by atoms with van der Waals surface area (Å²) >= 11 is 1.47. The molecule has 1 aliphatic rings. The molecule has 2 amide bonds. The third-order valence-electron chi connectivity index (χ3n) is 4.73. The highest BCUT2D eigenvalue weighted by atomic mass is 32.1. The van der Waals surface area contributed by atoms with Crippen molar-refractivity contribution in [2.75, 3.05) is 11.9 Å². The predicted octanol–water partition coefficient (Wildman–Crippen LogP) is 4.60. The maximum atomic E-state index is 12.6. The molecule has 2 heterocycles. The van der Waals surface area contributed by atoms with Gasteiger partial charge in [-0.05, 0) is 52.8 Å². The Bertz CT molecular complexity index is 1010. The van der Waals surface area contributed by atoms with Crippen LogP contribution >= 0.6 is 11.3 Å². The van der Waals surface area contributed by atoms with Crippen LogP contribution in [0.5, 0.6) is 0 Å². The molecule has 0 radical (unpaired) electrons. The normalized spacial score (nSPS) is 13.4. The highest BCUT2D eigenvalue weighted by molar-refractivity contribution is 7.12. The predicted molar refractivity (Wildman–Crippen MR) is 113 cm³/mol. The van der Waals surface area contributed by atoms with Crippen molar-refractivity contribution in [2.45, 2.75) is 13.0 Å². The van der Waals surface area contributed by atoms with Crippen molar-refractivity contribution in [3.63, 3.8) is 0 Å². The lowest BCUT2D eigenvalue weighted by Gasteiger charge is -2.29. The minimum Gasteiger partial charge on any atom is -0.333 e. The summed E-state index contributed by atoms with van der Waals surface area (Å²) in [7, 11) is 0. The first-order valence-electron chi connectivity index (χ1n) is 9.18. The summed E-state index contributed by atoms with van der Waals surface area (Å²) in [4.78, 5) is 27.5. The van der Waals surface area contributed by atoms with Crippen LogP contribution in [0.25, 0.3) is 6.08 Å². The van der Waals surface area contributed by atoms with E-state index < -0.39 is 0 Å². The Labute approximate surface area is 168 Å². The number of thiophene rings is 1. The number of amides is 2. The minimum atomic E-state index is -0.175. The number of nitrogens with zero attached hydrogens (tertiary/aromatic N) is 1. The van der Waals surface area contributed by atoms with Gasteiger partial charge in [0.25, 0.3) is 5.91 Å². The summed E-state index contributed by atoms with van der Waals surface area (Å²) in [6.45, 7) is 1.28. The smallest absolute Gasteiger partial charge is 0.264 e. The van der Waals surface area contributed by atoms with Gasteiger partial charge in [0.2, 0.25) is 5.91 Å². The van der Waals surface area contributed by atoms with E-state index in [2.05, 4.69) is 5.32 Å². The first-order valence-corrected chi connectivity index (χ1v) is 10.1. The van der Waals surface area contributed by atoms with Crippen molar-refractivity contribution in [3.05, 3.63) is 93.7 Å². The quantitative estimate of drug-likeness (QED) is 0.664. The number of nitrogens with one attached hydrogen (secondary N) is 1. The minimum absolute atomic E-state index is 0.0703. The molecular weight excluding hydrogens is 368 g/mol. The third-order valence-corrected chi connectivity index (χ3v) is 5.59. The van der Waals surface area contributed by atoms with Crippen molar-refractivity contribution in [2.24, 2.45) is 0 Å². The number of carbonyl (C=O) groups excluding carboxylic acids is 2. The molecular formula is C23H20N2O2S. The Morgan fingerprint density at radius 3 is 2.64 bits per heavy atom. The zero-order valence-electron chi connectivity index (χ0n) is 15.3. The van der Waals surface area contributed by atoms with Gasteiger partial charge in [0, 0.05) is 24.9 Å². The average Bonchev–Trinajstić information content (AvgIpc) is 3.27. The maximum Gasteiger partial charge on any atom is 0.264 e. The molecule has 0 bridgehead atoms. The Morgan fingerprint density at radius 1 is 1.00 bits per heavy atom. The van der Waals surface area contributed by atoms with Crippen molar-refractivity contribution in [1.29, 1.82) is 0 Å². The molecule has 28 heavy (non-hydrogen) atoms. The van der Waals surface area contributed by atoms with Crippen LogP contribution in [0.15, 0.2) is 72.1 Å². The molecule has 5 heteroatoms. The molecule has 3 aromatic rings. The molecule has 0 fully saturated rings. The van der Waals surface area contributed by atoms with Gasteiger partial charge in [0.05, 0.1) is 4.88 Å². The van der Waals surface area contributed by atoms with Crippen LogP contribution in [0.4, 0.5) is 5.69 Å². The number of hydrogen-bond donors (Lipinski definition) is 1. The van der Waals surface area contributed by atoms with Crippen molar-refractivity contribution in [1.82, 2.24) is 4.90 Å². The van der Waals surface area contributed by atoms with E-state index in [1.54, 1.807) is 6.08 Å². The van der Waals surface area contributed by atoms with Gasteiger partial charge < -0.3 is 10.2 Å². The zero-order valence-corrected chi connectivity index (χ0v) is 16.1. The number of fused-ring (bicyclic) bond motifs is 1. The van der Waals surface area contributed by atoms with E-state index in [1.165, 1.54) is 23.0 Å². The van der Waals surface area contributed by atoms with Crippen molar-refractivity contribution < 1.29 is 9.59 Å². The van der Waals surface area contributed by atoms with E-state index >= 15 is 0 Å². The molecule has 0 aliphatic carbocycles. The highest BCUT2D eigenvalue weighted by Gasteiger charge is 2.22. The van der Waals surface area contributed by atoms with Gasteiger partial charge in [0.15, 0.2) is 0 Å². The van der Waals surface area contributed by atoms with Gasteiger partial charge in [-0.15, -0.1) is 11.3 Å². The second-order valence-electron chi connectivity index (χ2n) is 6.67. The van der Waals surface area contributed by atoms with E-state index in [4.69, 9.17) is 0 Å². The third kappa shape index (κ3) is 4.21.